The fourth-order valence-electron chi connectivity index (χ4n) is 2.77. The number of hydrogen-bond donors (Lipinski definition) is 1. The number of thiophene rings is 1. The van der Waals surface area contributed by atoms with Gasteiger partial charge in [0.25, 0.3) is 0 Å². The second-order valence-electron chi connectivity index (χ2n) is 6.24. The van der Waals surface area contributed by atoms with Gasteiger partial charge in [0.2, 0.25) is 0 Å². The fraction of sp³-hybridized carbons (Fsp3) is 0.733. The van der Waals surface area contributed by atoms with Crippen molar-refractivity contribution in [2.45, 2.75) is 58.2 Å². The third-order valence-electron chi connectivity index (χ3n) is 4.57. The van der Waals surface area contributed by atoms with E-state index in [1.54, 1.807) is 0 Å². The van der Waals surface area contributed by atoms with E-state index in [0.29, 0.717) is 5.54 Å². The number of rotatable bonds is 4. The first-order valence-corrected chi connectivity index (χ1v) is 8.81. The maximum atomic E-state index is 3.80. The number of hydrogen-bond acceptors (Lipinski definition) is 3. The zero-order chi connectivity index (χ0) is 14.1. The molecule has 1 saturated heterocycles. The quantitative estimate of drug-likeness (QED) is 0.877. The summed E-state index contributed by atoms with van der Waals surface area (Å²) in [7, 11) is 0. The van der Waals surface area contributed by atoms with Gasteiger partial charge in [0.1, 0.15) is 0 Å². The average molecular weight is 345 g/mol. The van der Waals surface area contributed by atoms with Crippen LogP contribution in [-0.4, -0.2) is 29.1 Å². The molecule has 108 valence electrons. The van der Waals surface area contributed by atoms with Crippen LogP contribution in [-0.2, 0) is 6.54 Å². The van der Waals surface area contributed by atoms with Gasteiger partial charge < -0.3 is 5.32 Å². The van der Waals surface area contributed by atoms with Crippen molar-refractivity contribution >= 4 is 27.3 Å². The average Bonchev–Trinajstić information content (AvgIpc) is 2.78. The normalized spacial score (nSPS) is 22.6. The Bertz CT molecular complexity index is 424. The summed E-state index contributed by atoms with van der Waals surface area (Å²) < 4.78 is 1.21. The highest BCUT2D eigenvalue weighted by molar-refractivity contribution is 9.10. The Hall–Kier alpha value is 0.1000. The van der Waals surface area contributed by atoms with Gasteiger partial charge >= 0.3 is 0 Å². The van der Waals surface area contributed by atoms with Crippen LogP contribution in [0.4, 0.5) is 0 Å². The highest BCUT2D eigenvalue weighted by atomic mass is 79.9. The summed E-state index contributed by atoms with van der Waals surface area (Å²) in [6.07, 6.45) is 2.40. The van der Waals surface area contributed by atoms with Gasteiger partial charge in [-0.1, -0.05) is 13.8 Å². The van der Waals surface area contributed by atoms with E-state index in [-0.39, 0.29) is 5.54 Å². The van der Waals surface area contributed by atoms with E-state index >= 15 is 0 Å². The maximum absolute atomic E-state index is 3.80. The minimum absolute atomic E-state index is 0.226. The monoisotopic (exact) mass is 344 g/mol. The molecule has 2 nitrogen and oxygen atoms in total. The highest BCUT2D eigenvalue weighted by Gasteiger charge is 2.40. The molecule has 1 fully saturated rings. The van der Waals surface area contributed by atoms with Crippen molar-refractivity contribution in [3.05, 3.63) is 20.8 Å². The van der Waals surface area contributed by atoms with Crippen LogP contribution in [0.1, 0.15) is 45.4 Å². The summed E-state index contributed by atoms with van der Waals surface area (Å²) in [6, 6.07) is 2.25. The van der Waals surface area contributed by atoms with E-state index in [2.05, 4.69) is 65.3 Å². The summed E-state index contributed by atoms with van der Waals surface area (Å²) in [5, 5.41) is 5.97. The summed E-state index contributed by atoms with van der Waals surface area (Å²) >= 11 is 5.41. The molecule has 19 heavy (non-hydrogen) atoms. The molecule has 1 N–H and O–H groups in total. The first kappa shape index (κ1) is 15.5. The van der Waals surface area contributed by atoms with Gasteiger partial charge in [-0.2, -0.15) is 0 Å². The standard InChI is InChI=1S/C15H25BrN2S/c1-5-15(6-2)11-18(14(3,4)10-17-15)8-13-7-12(16)9-19-13/h7,9,17H,5-6,8,10-11H2,1-4H3. The predicted molar refractivity (Wildman–Crippen MR) is 87.8 cm³/mol. The number of nitrogens with one attached hydrogen (secondary N) is 1. The van der Waals surface area contributed by atoms with E-state index in [4.69, 9.17) is 0 Å². The van der Waals surface area contributed by atoms with Crippen molar-refractivity contribution in [3.63, 3.8) is 0 Å². The molecule has 2 rings (SSSR count). The maximum Gasteiger partial charge on any atom is 0.0334 e. The van der Waals surface area contributed by atoms with Gasteiger partial charge in [0, 0.05) is 45.4 Å². The summed E-state index contributed by atoms with van der Waals surface area (Å²) in [4.78, 5) is 4.09. The first-order chi connectivity index (χ1) is 8.91. The molecular formula is C15H25BrN2S. The molecule has 0 saturated carbocycles. The first-order valence-electron chi connectivity index (χ1n) is 7.14. The smallest absolute Gasteiger partial charge is 0.0334 e. The Morgan fingerprint density at radius 1 is 1.37 bits per heavy atom. The molecule has 1 aliphatic rings. The van der Waals surface area contributed by atoms with Gasteiger partial charge in [0.05, 0.1) is 0 Å². The molecule has 0 aliphatic carbocycles. The van der Waals surface area contributed by atoms with Crippen LogP contribution in [0.5, 0.6) is 0 Å². The number of halogens is 1. The summed E-state index contributed by atoms with van der Waals surface area (Å²) in [5.41, 5.74) is 0.522. The van der Waals surface area contributed by atoms with Gasteiger partial charge in [-0.15, -0.1) is 11.3 Å². The molecule has 0 atom stereocenters. The Kier molecular flexibility index (Phi) is 4.76. The van der Waals surface area contributed by atoms with Crippen LogP contribution in [0.25, 0.3) is 0 Å². The van der Waals surface area contributed by atoms with Crippen molar-refractivity contribution < 1.29 is 0 Å². The zero-order valence-corrected chi connectivity index (χ0v) is 14.8. The van der Waals surface area contributed by atoms with Crippen molar-refractivity contribution in [3.8, 4) is 0 Å². The van der Waals surface area contributed by atoms with Crippen molar-refractivity contribution in [2.75, 3.05) is 13.1 Å². The second kappa shape index (κ2) is 5.84. The molecule has 1 aromatic heterocycles. The molecule has 1 aromatic rings. The Balaban J connectivity index is 2.14. The Labute approximate surface area is 129 Å². The van der Waals surface area contributed by atoms with Crippen LogP contribution in [0.15, 0.2) is 15.9 Å². The van der Waals surface area contributed by atoms with Crippen LogP contribution >= 0.6 is 27.3 Å². The van der Waals surface area contributed by atoms with Gasteiger partial charge in [-0.3, -0.25) is 4.90 Å². The molecule has 1 aliphatic heterocycles. The highest BCUT2D eigenvalue weighted by Crippen LogP contribution is 2.31. The molecular weight excluding hydrogens is 320 g/mol. The van der Waals surface area contributed by atoms with Gasteiger partial charge in [0.15, 0.2) is 0 Å². The number of piperazine rings is 1. The van der Waals surface area contributed by atoms with Gasteiger partial charge in [-0.25, -0.2) is 0 Å². The van der Waals surface area contributed by atoms with Crippen molar-refractivity contribution in [2.24, 2.45) is 0 Å². The lowest BCUT2D eigenvalue weighted by Gasteiger charge is -2.51. The SMILES string of the molecule is CCC1(CC)CN(Cc2cc(Br)cs2)C(C)(C)CN1. The van der Waals surface area contributed by atoms with Crippen LogP contribution in [0.2, 0.25) is 0 Å². The molecule has 0 spiro atoms. The largest absolute Gasteiger partial charge is 0.308 e. The molecule has 4 heteroatoms. The van der Waals surface area contributed by atoms with Crippen molar-refractivity contribution in [1.82, 2.24) is 10.2 Å². The molecule has 0 aromatic carbocycles. The number of nitrogens with zero attached hydrogens (tertiary/aromatic N) is 1. The molecule has 0 amide bonds. The van der Waals surface area contributed by atoms with E-state index in [0.717, 1.165) is 19.6 Å². The van der Waals surface area contributed by atoms with Crippen LogP contribution < -0.4 is 5.32 Å². The molecule has 0 bridgehead atoms. The fourth-order valence-corrected chi connectivity index (χ4v) is 4.23. The summed E-state index contributed by atoms with van der Waals surface area (Å²) in [5.74, 6) is 0. The van der Waals surface area contributed by atoms with Crippen LogP contribution in [0, 0.1) is 0 Å². The van der Waals surface area contributed by atoms with E-state index in [1.165, 1.54) is 22.2 Å². The Morgan fingerprint density at radius 2 is 2.05 bits per heavy atom. The predicted octanol–water partition coefficient (Wildman–Crippen LogP) is 4.25. The lowest BCUT2D eigenvalue weighted by atomic mass is 9.85. The third-order valence-corrected chi connectivity index (χ3v) is 6.25. The Morgan fingerprint density at radius 3 is 2.58 bits per heavy atom. The topological polar surface area (TPSA) is 15.3 Å². The van der Waals surface area contributed by atoms with E-state index in [1.807, 2.05) is 11.3 Å². The second-order valence-corrected chi connectivity index (χ2v) is 8.15. The third kappa shape index (κ3) is 3.41. The summed E-state index contributed by atoms with van der Waals surface area (Å²) in [6.45, 7) is 12.6. The molecule has 2 heterocycles. The lowest BCUT2D eigenvalue weighted by molar-refractivity contribution is 0.0169. The van der Waals surface area contributed by atoms with Crippen molar-refractivity contribution in [1.29, 1.82) is 0 Å². The van der Waals surface area contributed by atoms with E-state index in [9.17, 15) is 0 Å². The van der Waals surface area contributed by atoms with Gasteiger partial charge in [-0.05, 0) is 48.7 Å². The van der Waals surface area contributed by atoms with E-state index < -0.39 is 0 Å². The molecule has 0 radical (unpaired) electrons. The minimum Gasteiger partial charge on any atom is -0.308 e. The molecule has 0 unspecified atom stereocenters. The minimum atomic E-state index is 0.226. The zero-order valence-electron chi connectivity index (χ0n) is 12.4. The van der Waals surface area contributed by atoms with Crippen LogP contribution in [0.3, 0.4) is 0 Å². The lowest BCUT2D eigenvalue weighted by Crippen LogP contribution is -2.67.